The van der Waals surface area contributed by atoms with Crippen LogP contribution >= 0.6 is 11.3 Å². The molecule has 2 atom stereocenters. The number of thiazole rings is 1. The molecule has 1 fully saturated rings. The zero-order valence-corrected chi connectivity index (χ0v) is 17.6. The molecule has 1 saturated heterocycles. The number of piperidine rings is 1. The van der Waals surface area contributed by atoms with Crippen molar-refractivity contribution in [2.75, 3.05) is 24.4 Å². The van der Waals surface area contributed by atoms with E-state index in [-0.39, 0.29) is 5.92 Å². The molecule has 9 heteroatoms. The number of aromatic amines is 1. The van der Waals surface area contributed by atoms with Gasteiger partial charge in [-0.05, 0) is 37.9 Å². The van der Waals surface area contributed by atoms with E-state index in [1.54, 1.807) is 12.4 Å². The second-order valence-electron chi connectivity index (χ2n) is 7.11. The van der Waals surface area contributed by atoms with Crippen LogP contribution < -0.4 is 4.72 Å². The molecule has 0 saturated carbocycles. The maximum atomic E-state index is 12.9. The lowest BCUT2D eigenvalue weighted by atomic mass is 9.99. The smallest absolute Gasteiger partial charge is 0.162 e. The Morgan fingerprint density at radius 3 is 3.10 bits per heavy atom. The number of nitrogens with zero attached hydrogens (tertiary/aromatic N) is 4. The number of hydrogen-bond donors (Lipinski definition) is 2. The summed E-state index contributed by atoms with van der Waals surface area (Å²) in [5.74, 6) is 0.278. The van der Waals surface area contributed by atoms with Crippen molar-refractivity contribution in [2.45, 2.75) is 29.9 Å². The second kappa shape index (κ2) is 8.34. The van der Waals surface area contributed by atoms with Crippen molar-refractivity contribution < 1.29 is 4.21 Å². The van der Waals surface area contributed by atoms with Crippen LogP contribution in [0.4, 0.5) is 5.69 Å². The molecule has 29 heavy (non-hydrogen) atoms. The van der Waals surface area contributed by atoms with E-state index >= 15 is 0 Å². The number of nitriles is 2. The van der Waals surface area contributed by atoms with Gasteiger partial charge in [0.2, 0.25) is 0 Å². The maximum Gasteiger partial charge on any atom is 0.162 e. The molecular weight excluding hydrogens is 404 g/mol. The van der Waals surface area contributed by atoms with E-state index in [2.05, 4.69) is 31.7 Å². The van der Waals surface area contributed by atoms with Crippen LogP contribution in [0, 0.1) is 29.6 Å². The summed E-state index contributed by atoms with van der Waals surface area (Å²) in [4.78, 5) is 9.78. The zero-order chi connectivity index (χ0) is 20.4. The van der Waals surface area contributed by atoms with E-state index in [9.17, 15) is 9.47 Å². The monoisotopic (exact) mass is 424 g/mol. The summed E-state index contributed by atoms with van der Waals surface area (Å²) >= 11 is 1.46. The Morgan fingerprint density at radius 1 is 1.45 bits per heavy atom. The summed E-state index contributed by atoms with van der Waals surface area (Å²) in [5, 5.41) is 20.0. The number of anilines is 1. The lowest BCUT2D eigenvalue weighted by Crippen LogP contribution is -2.34. The number of aryl methyl sites for hydroxylation is 1. The molecule has 7 nitrogen and oxygen atoms in total. The SMILES string of the molecule is Cc1ccc(NS(=O)c2cnc(C3CCCN(CC#N)C3)s2)c2[nH]cc(C#N)c12. The van der Waals surface area contributed by atoms with Crippen molar-refractivity contribution >= 4 is 38.9 Å². The molecule has 2 unspecified atom stereocenters. The van der Waals surface area contributed by atoms with Crippen molar-refractivity contribution in [3.8, 4) is 12.1 Å². The molecule has 2 N–H and O–H groups in total. The van der Waals surface area contributed by atoms with Gasteiger partial charge in [-0.25, -0.2) is 9.19 Å². The molecule has 0 spiro atoms. The number of nitrogens with one attached hydrogen (secondary N) is 2. The number of benzene rings is 1. The Morgan fingerprint density at radius 2 is 2.31 bits per heavy atom. The fourth-order valence-corrected chi connectivity index (χ4v) is 5.87. The predicted octanol–water partition coefficient (Wildman–Crippen LogP) is 3.64. The lowest BCUT2D eigenvalue weighted by Gasteiger charge is -2.29. The molecular formula is C20H20N6OS2. The highest BCUT2D eigenvalue weighted by Gasteiger charge is 2.24. The van der Waals surface area contributed by atoms with Crippen molar-refractivity contribution in [1.29, 1.82) is 10.5 Å². The zero-order valence-electron chi connectivity index (χ0n) is 15.9. The van der Waals surface area contributed by atoms with Crippen molar-refractivity contribution in [2.24, 2.45) is 0 Å². The number of H-pyrrole nitrogens is 1. The minimum absolute atomic E-state index is 0.278. The summed E-state index contributed by atoms with van der Waals surface area (Å²) in [6.45, 7) is 4.15. The van der Waals surface area contributed by atoms with Gasteiger partial charge in [-0.3, -0.25) is 9.62 Å². The average Bonchev–Trinajstić information content (AvgIpc) is 3.38. The van der Waals surface area contributed by atoms with E-state index in [0.29, 0.717) is 22.0 Å². The molecule has 1 aliphatic rings. The van der Waals surface area contributed by atoms with Gasteiger partial charge in [-0.15, -0.1) is 11.3 Å². The number of likely N-dealkylation sites (tertiary alicyclic amines) is 1. The third-order valence-corrected chi connectivity index (χ3v) is 7.74. The summed E-state index contributed by atoms with van der Waals surface area (Å²) in [6.07, 6.45) is 5.42. The minimum Gasteiger partial charge on any atom is -0.358 e. The van der Waals surface area contributed by atoms with Gasteiger partial charge < -0.3 is 4.98 Å². The molecule has 0 aliphatic carbocycles. The largest absolute Gasteiger partial charge is 0.358 e. The summed E-state index contributed by atoms with van der Waals surface area (Å²) in [5.41, 5.74) is 3.04. The van der Waals surface area contributed by atoms with Crippen molar-refractivity contribution in [1.82, 2.24) is 14.9 Å². The van der Waals surface area contributed by atoms with E-state index in [1.165, 1.54) is 11.3 Å². The van der Waals surface area contributed by atoms with Gasteiger partial charge in [-0.2, -0.15) is 10.5 Å². The van der Waals surface area contributed by atoms with Gasteiger partial charge in [0.05, 0.1) is 40.6 Å². The lowest BCUT2D eigenvalue weighted by molar-refractivity contribution is 0.230. The Balaban J connectivity index is 1.53. The molecule has 1 aliphatic heterocycles. The first-order valence-electron chi connectivity index (χ1n) is 9.35. The third kappa shape index (κ3) is 3.90. The minimum atomic E-state index is -1.45. The second-order valence-corrected chi connectivity index (χ2v) is 9.62. The molecule has 3 aromatic rings. The average molecular weight is 425 g/mol. The molecule has 148 valence electrons. The van der Waals surface area contributed by atoms with Crippen LogP contribution in [-0.2, 0) is 11.0 Å². The molecule has 0 bridgehead atoms. The maximum absolute atomic E-state index is 12.9. The highest BCUT2D eigenvalue weighted by atomic mass is 32.2. The Bertz CT molecular complexity index is 1150. The van der Waals surface area contributed by atoms with Crippen LogP contribution in [0.5, 0.6) is 0 Å². The van der Waals surface area contributed by atoms with Crippen molar-refractivity contribution in [3.63, 3.8) is 0 Å². The quantitative estimate of drug-likeness (QED) is 0.608. The van der Waals surface area contributed by atoms with Gasteiger partial charge in [0.25, 0.3) is 0 Å². The van der Waals surface area contributed by atoms with E-state index in [4.69, 9.17) is 5.26 Å². The van der Waals surface area contributed by atoms with Gasteiger partial charge in [0, 0.05) is 24.0 Å². The molecule has 2 aromatic heterocycles. The van der Waals surface area contributed by atoms with Crippen LogP contribution in [0.2, 0.25) is 0 Å². The van der Waals surface area contributed by atoms with Gasteiger partial charge in [-0.1, -0.05) is 6.07 Å². The fourth-order valence-electron chi connectivity index (χ4n) is 3.79. The normalized spacial score (nSPS) is 18.2. The van der Waals surface area contributed by atoms with Crippen LogP contribution in [0.3, 0.4) is 0 Å². The molecule has 3 heterocycles. The molecule has 4 rings (SSSR count). The third-order valence-electron chi connectivity index (χ3n) is 5.20. The van der Waals surface area contributed by atoms with Gasteiger partial charge in [0.1, 0.15) is 10.3 Å². The number of aromatic nitrogens is 2. The Kier molecular flexibility index (Phi) is 5.63. The highest BCUT2D eigenvalue weighted by Crippen LogP contribution is 2.33. The summed E-state index contributed by atoms with van der Waals surface area (Å²) in [7, 11) is -1.45. The molecule has 0 radical (unpaired) electrons. The summed E-state index contributed by atoms with van der Waals surface area (Å²) < 4.78 is 16.6. The fraction of sp³-hybridized carbons (Fsp3) is 0.350. The van der Waals surface area contributed by atoms with Gasteiger partial charge in [0.15, 0.2) is 11.0 Å². The number of fused-ring (bicyclic) bond motifs is 1. The highest BCUT2D eigenvalue weighted by molar-refractivity contribution is 7.88. The van der Waals surface area contributed by atoms with Crippen LogP contribution in [0.25, 0.3) is 10.9 Å². The summed E-state index contributed by atoms with van der Waals surface area (Å²) in [6, 6.07) is 8.19. The Hall–Kier alpha value is -2.72. The standard InChI is InChI=1S/C20H20N6OS2/c1-13-4-5-16(19-18(13)15(9-22)10-23-19)25-29(27)17-11-24-20(28-17)14-3-2-7-26(12-14)8-6-21/h4-5,10-11,14,23,25H,2-3,7-8,12H2,1H3. The predicted molar refractivity (Wildman–Crippen MR) is 114 cm³/mol. The first-order chi connectivity index (χ1) is 14.1. The van der Waals surface area contributed by atoms with Crippen LogP contribution in [-0.4, -0.2) is 38.7 Å². The van der Waals surface area contributed by atoms with Gasteiger partial charge >= 0.3 is 0 Å². The molecule has 0 amide bonds. The molecule has 1 aromatic carbocycles. The first kappa shape index (κ1) is 19.6. The number of hydrogen-bond acceptors (Lipinski definition) is 6. The first-order valence-corrected chi connectivity index (χ1v) is 11.3. The van der Waals surface area contributed by atoms with E-state index in [1.807, 2.05) is 19.1 Å². The van der Waals surface area contributed by atoms with Crippen LogP contribution in [0.15, 0.2) is 28.7 Å². The number of rotatable bonds is 5. The van der Waals surface area contributed by atoms with E-state index in [0.717, 1.165) is 47.4 Å². The van der Waals surface area contributed by atoms with Crippen molar-refractivity contribution in [3.05, 3.63) is 40.7 Å². The van der Waals surface area contributed by atoms with Crippen LogP contribution in [0.1, 0.15) is 34.9 Å². The Labute approximate surface area is 175 Å². The topological polar surface area (TPSA) is 109 Å². The van der Waals surface area contributed by atoms with E-state index < -0.39 is 11.0 Å².